The number of hydrogen-bond donors (Lipinski definition) is 6. The maximum atomic E-state index is 14.4. The molecule has 0 unspecified atom stereocenters. The molecule has 6 N–H and O–H groups in total. The van der Waals surface area contributed by atoms with Gasteiger partial charge in [-0.05, 0) is 67.3 Å². The van der Waals surface area contributed by atoms with E-state index in [2.05, 4.69) is 120 Å². The van der Waals surface area contributed by atoms with Gasteiger partial charge in [0, 0.05) is 102 Å². The number of anilines is 2. The zero-order valence-electron chi connectivity index (χ0n) is 43.4. The number of rotatable bonds is 14. The lowest BCUT2D eigenvalue weighted by Gasteiger charge is -2.23. The van der Waals surface area contributed by atoms with Gasteiger partial charge in [-0.15, -0.1) is 12.4 Å². The topological polar surface area (TPSA) is 341 Å². The Hall–Kier alpha value is -7.30. The quantitative estimate of drug-likeness (QED) is 0.0780. The van der Waals surface area contributed by atoms with E-state index in [1.54, 1.807) is 61.2 Å². The monoisotopic (exact) mass is 1340 g/mol. The van der Waals surface area contributed by atoms with Crippen LogP contribution in [0.3, 0.4) is 0 Å². The number of ketones is 2. The number of hydrogen-bond acceptors (Lipinski definition) is 21. The molecular weight excluding hydrogens is 1300 g/mol. The van der Waals surface area contributed by atoms with Crippen LogP contribution in [0.2, 0.25) is 0 Å². The Kier molecular flexibility index (Phi) is 24.7. The molecule has 25 nitrogen and oxygen atoms in total. The number of nitrogens with one attached hydrogen (secondary N) is 3. The lowest BCUT2D eigenvalue weighted by atomic mass is 10.0. The van der Waals surface area contributed by atoms with Gasteiger partial charge in [-0.2, -0.15) is 23.7 Å². The van der Waals surface area contributed by atoms with Crippen molar-refractivity contribution in [2.75, 3.05) is 23.7 Å². The third-order valence-electron chi connectivity index (χ3n) is 12.1. The lowest BCUT2D eigenvalue weighted by molar-refractivity contribution is -0.138. The number of halogens is 5. The van der Waals surface area contributed by atoms with E-state index in [0.29, 0.717) is 53.8 Å². The van der Waals surface area contributed by atoms with Crippen molar-refractivity contribution in [2.24, 2.45) is 0 Å². The molecule has 4 atom stereocenters. The van der Waals surface area contributed by atoms with Crippen LogP contribution in [0.25, 0.3) is 44.1 Å². The van der Waals surface area contributed by atoms with Crippen LogP contribution >= 0.6 is 57.8 Å². The molecule has 33 heteroatoms. The van der Waals surface area contributed by atoms with Crippen molar-refractivity contribution in [2.45, 2.75) is 77.4 Å². The van der Waals surface area contributed by atoms with Gasteiger partial charge in [-0.3, -0.25) is 48.1 Å². The van der Waals surface area contributed by atoms with E-state index in [1.807, 2.05) is 0 Å². The van der Waals surface area contributed by atoms with Gasteiger partial charge in [0.15, 0.2) is 34.9 Å². The molecule has 0 saturated carbocycles. The van der Waals surface area contributed by atoms with E-state index in [1.165, 1.54) is 52.9 Å². The number of fused-ring (bicyclic) bond motifs is 2. The molecule has 2 saturated heterocycles. The number of carbonyl (C=O) groups excluding carboxylic acids is 5. The maximum Gasteiger partial charge on any atom is 0.325 e. The maximum absolute atomic E-state index is 14.4. The largest absolute Gasteiger partial charge is 0.480 e. The van der Waals surface area contributed by atoms with E-state index in [4.69, 9.17) is 10.2 Å². The highest BCUT2D eigenvalue weighted by Crippen LogP contribution is 2.30. The molecule has 2 aliphatic heterocycles. The van der Waals surface area contributed by atoms with Gasteiger partial charge in [-0.25, -0.2) is 38.7 Å². The first-order chi connectivity index (χ1) is 38.9. The number of aliphatic carboxylic acids is 1. The highest BCUT2D eigenvalue weighted by atomic mass is 79.9. The van der Waals surface area contributed by atoms with Crippen molar-refractivity contribution in [3.63, 3.8) is 0 Å². The van der Waals surface area contributed by atoms with Crippen LogP contribution in [0, 0.1) is 0 Å². The summed E-state index contributed by atoms with van der Waals surface area (Å²) in [5.74, 6) is -1.84. The molecule has 0 spiro atoms. The molecule has 3 amide bonds. The van der Waals surface area contributed by atoms with Gasteiger partial charge in [0.1, 0.15) is 65.3 Å². The van der Waals surface area contributed by atoms with Crippen LogP contribution in [0.4, 0.5) is 20.4 Å². The van der Waals surface area contributed by atoms with E-state index < -0.39 is 42.2 Å². The number of carbonyl (C=O) groups is 6. The van der Waals surface area contributed by atoms with E-state index in [9.17, 15) is 42.7 Å². The summed E-state index contributed by atoms with van der Waals surface area (Å²) < 4.78 is 30.9. The van der Waals surface area contributed by atoms with Crippen LogP contribution in [0.1, 0.15) is 59.3 Å². The standard InChI is InChI=1S/C25H22BrFN8O4.C16H14N4O4.C9H10BrFN4O.ClH.S2.H2S/c1-13(37)24-17-4-14(15-6-29-22(12-36)30-7-15)2-3-18(17)35(33-24)11-23(38)34-10-16(27)5-19(34)25(39)32-21-9-28-8-20(26)31-21;1-9(22)16-12-4-10(11-5-17-14(8-21)18-6-11)2-3-13(12)20(19-16)7-15(23)24;10-7-3-12-4-8(14-7)15-9(16)6-1-5(11)2-13-6;;1-2;/h2-4,6-9,16,19,36H,5,10-12H2,1H3,(H,31,32,39);2-6,21H,7-8H2,1H3,(H,23,24);3-6,13H,1-2H2,(H,14,15,16);1H;;1H2/t16-,19+;;5-,6+;;;/m1.1.../s1. The van der Waals surface area contributed by atoms with Crippen LogP contribution < -0.4 is 16.0 Å². The third kappa shape index (κ3) is 17.2. The summed E-state index contributed by atoms with van der Waals surface area (Å²) in [4.78, 5) is 106. The fourth-order valence-corrected chi connectivity index (χ4v) is 9.04. The minimum atomic E-state index is -1.37. The average molecular weight is 1350 g/mol. The second kappa shape index (κ2) is 30.8. The SMILES string of the molecule is CC(=O)c1nn(CC(=O)N2C[C@H](F)C[C@H]2C(=O)Nc2cncc(Br)n2)c2ccc(-c3cnc(CO)nc3)cc12.CC(=O)c1nn(CC(=O)O)c2ccc(-c3cnc(CO)nc3)cc12.Cl.O=C(Nc1cncc(Br)n1)[C@@H]1C[C@@H](F)CN1.S.S=S. The number of aliphatic hydroxyl groups is 2. The summed E-state index contributed by atoms with van der Waals surface area (Å²) >= 11 is 13.7. The molecule has 2 aliphatic rings. The zero-order valence-corrected chi connectivity index (χ0v) is 50.0. The predicted molar refractivity (Wildman–Crippen MR) is 316 cm³/mol. The van der Waals surface area contributed by atoms with Crippen molar-refractivity contribution in [3.05, 3.63) is 118 Å². The van der Waals surface area contributed by atoms with Crippen molar-refractivity contribution in [1.29, 1.82) is 0 Å². The fourth-order valence-electron chi connectivity index (χ4n) is 8.43. The molecule has 6 aromatic heterocycles. The Balaban J connectivity index is 0.000000244. The normalized spacial score (nSPS) is 15.9. The van der Waals surface area contributed by atoms with Crippen molar-refractivity contribution in [1.82, 2.24) is 69.6 Å². The van der Waals surface area contributed by atoms with Crippen LogP contribution in [0.15, 0.2) is 95.2 Å². The van der Waals surface area contributed by atoms with Crippen molar-refractivity contribution < 1.29 is 52.9 Å². The summed E-state index contributed by atoms with van der Waals surface area (Å²) in [6.07, 6.45) is 9.75. The second-order valence-electron chi connectivity index (χ2n) is 17.7. The molecule has 2 aromatic carbocycles. The van der Waals surface area contributed by atoms with Gasteiger partial charge in [-0.1, -0.05) is 12.1 Å². The molecule has 83 heavy (non-hydrogen) atoms. The second-order valence-corrected chi connectivity index (χ2v) is 19.3. The first-order valence-electron chi connectivity index (χ1n) is 24.0. The van der Waals surface area contributed by atoms with Gasteiger partial charge in [0.05, 0.1) is 48.4 Å². The number of benzene rings is 2. The number of carboxylic acid groups (broad SMARTS) is 1. The summed E-state index contributed by atoms with van der Waals surface area (Å²) in [6, 6.07) is 8.96. The molecule has 8 aromatic rings. The Morgan fingerprint density at radius 2 is 1.12 bits per heavy atom. The molecule has 8 heterocycles. The Labute approximate surface area is 509 Å². The Bertz CT molecular complexity index is 3640. The van der Waals surface area contributed by atoms with E-state index in [-0.39, 0.29) is 119 Å². The Morgan fingerprint density at radius 3 is 1.53 bits per heavy atom. The Morgan fingerprint density at radius 1 is 0.663 bits per heavy atom. The van der Waals surface area contributed by atoms with Crippen molar-refractivity contribution in [3.8, 4) is 22.3 Å². The van der Waals surface area contributed by atoms with Gasteiger partial charge < -0.3 is 36.2 Å². The third-order valence-corrected chi connectivity index (χ3v) is 12.8. The summed E-state index contributed by atoms with van der Waals surface area (Å²) in [5, 5.41) is 44.7. The highest BCUT2D eigenvalue weighted by Gasteiger charge is 2.40. The van der Waals surface area contributed by atoms with Crippen LogP contribution in [0.5, 0.6) is 0 Å². The first kappa shape index (κ1) is 66.5. The van der Waals surface area contributed by atoms with E-state index in [0.717, 1.165) is 11.1 Å². The summed E-state index contributed by atoms with van der Waals surface area (Å²) in [5.41, 5.74) is 4.35. The molecule has 0 aliphatic carbocycles. The molecule has 0 radical (unpaired) electrons. The number of nitrogens with zero attached hydrogens (tertiary/aromatic N) is 13. The minimum Gasteiger partial charge on any atom is -0.480 e. The van der Waals surface area contributed by atoms with Gasteiger partial charge in [0.2, 0.25) is 17.7 Å². The molecule has 0 bridgehead atoms. The number of aliphatic hydroxyl groups excluding tert-OH is 2. The summed E-state index contributed by atoms with van der Waals surface area (Å²) in [7, 11) is 0. The smallest absolute Gasteiger partial charge is 0.325 e. The average Bonchev–Trinajstić information content (AvgIpc) is 4.46. The van der Waals surface area contributed by atoms with Crippen LogP contribution in [-0.4, -0.2) is 152 Å². The predicted octanol–water partition coefficient (Wildman–Crippen LogP) is 5.00. The first-order valence-corrected chi connectivity index (χ1v) is 26.9. The zero-order chi connectivity index (χ0) is 58.5. The number of aromatic nitrogens is 12. The van der Waals surface area contributed by atoms with E-state index >= 15 is 0 Å². The molecule has 2 fully saturated rings. The van der Waals surface area contributed by atoms with Gasteiger partial charge in [0.25, 0.3) is 0 Å². The molecule has 436 valence electrons. The number of carboxylic acids is 1. The summed E-state index contributed by atoms with van der Waals surface area (Å²) in [6.45, 7) is 1.60. The minimum absolute atomic E-state index is 0. The number of likely N-dealkylation sites (tertiary alicyclic amines) is 1. The number of Topliss-reactive ketones (excluding diaryl/α,β-unsaturated/α-hetero) is 2. The molecular formula is C50H49Br2ClF2N16O9S3. The van der Waals surface area contributed by atoms with Gasteiger partial charge >= 0.3 is 5.97 Å². The van der Waals surface area contributed by atoms with Crippen LogP contribution in [-0.2, 0) is 67.9 Å². The molecule has 10 rings (SSSR count). The number of amides is 3. The number of alkyl halides is 2. The highest BCUT2D eigenvalue weighted by molar-refractivity contribution is 9.10. The van der Waals surface area contributed by atoms with Crippen molar-refractivity contribution >= 4 is 149 Å². The fraction of sp³-hybridized carbons (Fsp3) is 0.280. The lowest BCUT2D eigenvalue weighted by Crippen LogP contribution is -2.44.